The summed E-state index contributed by atoms with van der Waals surface area (Å²) in [5, 5.41) is 11.1. The average molecular weight is 340 g/mol. The Morgan fingerprint density at radius 2 is 2.04 bits per heavy atom. The molecular weight excluding hydrogens is 312 g/mol. The van der Waals surface area contributed by atoms with Crippen molar-refractivity contribution in [2.45, 2.75) is 52.1 Å². The van der Waals surface area contributed by atoms with Gasteiger partial charge in [0, 0.05) is 0 Å². The standard InChI is InChI=1S/C17H28N2O5/c1-10-7-8-17(2,3)11(10)5-6-13(16(23)24-4)19-15(22)12(18)9-14(20)21/h5-6,10-13H,7-9,18H2,1-4H3,(H,19,22)(H,20,21)/t10?,11?,12-,13?/m0/s1. The molecule has 0 aromatic heterocycles. The van der Waals surface area contributed by atoms with Crippen LogP contribution in [-0.2, 0) is 19.1 Å². The molecule has 1 aliphatic rings. The highest BCUT2D eigenvalue weighted by Crippen LogP contribution is 2.46. The van der Waals surface area contributed by atoms with Gasteiger partial charge in [-0.05, 0) is 30.1 Å². The lowest BCUT2D eigenvalue weighted by Gasteiger charge is -2.27. The predicted molar refractivity (Wildman–Crippen MR) is 89.0 cm³/mol. The molecule has 7 nitrogen and oxygen atoms in total. The Labute approximate surface area is 142 Å². The molecular formula is C17H28N2O5. The summed E-state index contributed by atoms with van der Waals surface area (Å²) in [6, 6.07) is -2.20. The Hall–Kier alpha value is -1.89. The van der Waals surface area contributed by atoms with Gasteiger partial charge < -0.3 is 20.9 Å². The maximum absolute atomic E-state index is 12.0. The maximum Gasteiger partial charge on any atom is 0.332 e. The molecule has 4 atom stereocenters. The molecule has 0 aromatic carbocycles. The van der Waals surface area contributed by atoms with E-state index < -0.39 is 36.4 Å². The van der Waals surface area contributed by atoms with E-state index in [1.54, 1.807) is 6.08 Å². The first-order chi connectivity index (χ1) is 11.1. The van der Waals surface area contributed by atoms with Gasteiger partial charge in [-0.25, -0.2) is 4.79 Å². The second-order valence-corrected chi connectivity index (χ2v) is 7.13. The molecule has 0 saturated heterocycles. The van der Waals surface area contributed by atoms with Crippen LogP contribution in [0.15, 0.2) is 12.2 Å². The van der Waals surface area contributed by atoms with Gasteiger partial charge in [-0.1, -0.05) is 32.9 Å². The van der Waals surface area contributed by atoms with Gasteiger partial charge in [0.1, 0.15) is 6.04 Å². The van der Waals surface area contributed by atoms with Gasteiger partial charge in [-0.15, -0.1) is 0 Å². The number of carbonyl (C=O) groups excluding carboxylic acids is 2. The molecule has 136 valence electrons. The van der Waals surface area contributed by atoms with Crippen molar-refractivity contribution in [1.82, 2.24) is 5.32 Å². The molecule has 0 spiro atoms. The minimum Gasteiger partial charge on any atom is -0.481 e. The predicted octanol–water partition coefficient (Wildman–Crippen LogP) is 1.07. The first kappa shape index (κ1) is 20.2. The van der Waals surface area contributed by atoms with E-state index >= 15 is 0 Å². The van der Waals surface area contributed by atoms with Gasteiger partial charge in [0.05, 0.1) is 19.6 Å². The number of aliphatic carboxylic acids is 1. The van der Waals surface area contributed by atoms with Crippen LogP contribution in [0.25, 0.3) is 0 Å². The number of esters is 1. The van der Waals surface area contributed by atoms with Crippen molar-refractivity contribution in [3.63, 3.8) is 0 Å². The lowest BCUT2D eigenvalue weighted by molar-refractivity contribution is -0.144. The zero-order chi connectivity index (χ0) is 18.5. The third-order valence-electron chi connectivity index (χ3n) is 4.75. The van der Waals surface area contributed by atoms with Crippen molar-refractivity contribution >= 4 is 17.8 Å². The van der Waals surface area contributed by atoms with E-state index in [1.807, 2.05) is 6.08 Å². The molecule has 0 radical (unpaired) electrons. The summed E-state index contributed by atoms with van der Waals surface area (Å²) in [4.78, 5) is 34.5. The number of nitrogens with one attached hydrogen (secondary N) is 1. The van der Waals surface area contributed by atoms with E-state index in [1.165, 1.54) is 7.11 Å². The largest absolute Gasteiger partial charge is 0.481 e. The van der Waals surface area contributed by atoms with Crippen LogP contribution >= 0.6 is 0 Å². The van der Waals surface area contributed by atoms with Crippen molar-refractivity contribution in [3.05, 3.63) is 12.2 Å². The summed E-state index contributed by atoms with van der Waals surface area (Å²) in [5.41, 5.74) is 5.65. The highest BCUT2D eigenvalue weighted by molar-refractivity contribution is 5.90. The average Bonchev–Trinajstić information content (AvgIpc) is 2.75. The van der Waals surface area contributed by atoms with Crippen LogP contribution in [0, 0.1) is 17.3 Å². The third-order valence-corrected chi connectivity index (χ3v) is 4.75. The van der Waals surface area contributed by atoms with Crippen LogP contribution in [-0.4, -0.2) is 42.1 Å². The molecule has 4 N–H and O–H groups in total. The van der Waals surface area contributed by atoms with Crippen LogP contribution in [0.2, 0.25) is 0 Å². The van der Waals surface area contributed by atoms with E-state index in [2.05, 4.69) is 26.1 Å². The monoisotopic (exact) mass is 340 g/mol. The fourth-order valence-electron chi connectivity index (χ4n) is 3.25. The van der Waals surface area contributed by atoms with Gasteiger partial charge in [-0.2, -0.15) is 0 Å². The first-order valence-corrected chi connectivity index (χ1v) is 8.12. The summed E-state index contributed by atoms with van der Waals surface area (Å²) in [6.45, 7) is 6.53. The lowest BCUT2D eigenvalue weighted by atomic mass is 9.79. The number of carbonyl (C=O) groups is 3. The number of methoxy groups -OCH3 is 1. The normalized spacial score (nSPS) is 25.2. The summed E-state index contributed by atoms with van der Waals surface area (Å²) in [5.74, 6) is -1.72. The van der Waals surface area contributed by atoms with Gasteiger partial charge in [0.2, 0.25) is 5.91 Å². The number of rotatable bonds is 7. The summed E-state index contributed by atoms with van der Waals surface area (Å²) in [6.07, 6.45) is 5.27. The van der Waals surface area contributed by atoms with Gasteiger partial charge in [0.25, 0.3) is 0 Å². The lowest BCUT2D eigenvalue weighted by Crippen LogP contribution is -2.48. The highest BCUT2D eigenvalue weighted by atomic mass is 16.5. The molecule has 3 unspecified atom stereocenters. The Morgan fingerprint density at radius 3 is 2.50 bits per heavy atom. The quantitative estimate of drug-likeness (QED) is 0.471. The van der Waals surface area contributed by atoms with E-state index in [4.69, 9.17) is 15.6 Å². The van der Waals surface area contributed by atoms with Crippen LogP contribution in [0.4, 0.5) is 0 Å². The Kier molecular flexibility index (Phi) is 6.95. The van der Waals surface area contributed by atoms with Crippen LogP contribution < -0.4 is 11.1 Å². The molecule has 24 heavy (non-hydrogen) atoms. The minimum absolute atomic E-state index is 0.125. The molecule has 0 aliphatic heterocycles. The number of ether oxygens (including phenoxy) is 1. The Bertz CT molecular complexity index is 515. The second kappa shape index (κ2) is 8.28. The van der Waals surface area contributed by atoms with Crippen molar-refractivity contribution in [3.8, 4) is 0 Å². The number of carboxylic acids is 1. The fourth-order valence-corrected chi connectivity index (χ4v) is 3.25. The molecule has 1 aliphatic carbocycles. The van der Waals surface area contributed by atoms with Crippen molar-refractivity contribution in [2.24, 2.45) is 23.0 Å². The molecule has 7 heteroatoms. The molecule has 0 aromatic rings. The van der Waals surface area contributed by atoms with E-state index in [-0.39, 0.29) is 11.3 Å². The number of carboxylic acid groups (broad SMARTS) is 1. The van der Waals surface area contributed by atoms with Crippen molar-refractivity contribution in [1.29, 1.82) is 0 Å². The number of hydrogen-bond donors (Lipinski definition) is 3. The molecule has 0 bridgehead atoms. The number of nitrogens with two attached hydrogens (primary N) is 1. The van der Waals surface area contributed by atoms with E-state index in [0.29, 0.717) is 5.92 Å². The summed E-state index contributed by atoms with van der Waals surface area (Å²) < 4.78 is 4.71. The fraction of sp³-hybridized carbons (Fsp3) is 0.706. The molecule has 1 saturated carbocycles. The van der Waals surface area contributed by atoms with Gasteiger partial charge >= 0.3 is 11.9 Å². The number of allylic oxidation sites excluding steroid dienone is 1. The SMILES string of the molecule is COC(=O)C(C=CC1C(C)CCC1(C)C)NC(=O)[C@@H](N)CC(=O)O. The van der Waals surface area contributed by atoms with Crippen molar-refractivity contribution in [2.75, 3.05) is 7.11 Å². The zero-order valence-corrected chi connectivity index (χ0v) is 14.7. The van der Waals surface area contributed by atoms with Gasteiger partial charge in [0.15, 0.2) is 0 Å². The molecule has 0 heterocycles. The van der Waals surface area contributed by atoms with Crippen LogP contribution in [0.3, 0.4) is 0 Å². The van der Waals surface area contributed by atoms with Crippen LogP contribution in [0.5, 0.6) is 0 Å². The van der Waals surface area contributed by atoms with Crippen molar-refractivity contribution < 1.29 is 24.2 Å². The maximum atomic E-state index is 12.0. The van der Waals surface area contributed by atoms with Gasteiger partial charge in [-0.3, -0.25) is 9.59 Å². The molecule has 1 rings (SSSR count). The first-order valence-electron chi connectivity index (χ1n) is 8.12. The summed E-state index contributed by atoms with van der Waals surface area (Å²) in [7, 11) is 1.23. The highest BCUT2D eigenvalue weighted by Gasteiger charge is 2.38. The number of hydrogen-bond acceptors (Lipinski definition) is 5. The molecule has 1 amide bonds. The number of amides is 1. The zero-order valence-electron chi connectivity index (χ0n) is 14.7. The summed E-state index contributed by atoms with van der Waals surface area (Å²) >= 11 is 0. The Morgan fingerprint density at radius 1 is 1.42 bits per heavy atom. The Balaban J connectivity index is 2.83. The second-order valence-electron chi connectivity index (χ2n) is 7.13. The third kappa shape index (κ3) is 5.33. The minimum atomic E-state index is -1.22. The molecule has 1 fully saturated rings. The smallest absolute Gasteiger partial charge is 0.332 e. The van der Waals surface area contributed by atoms with E-state index in [9.17, 15) is 14.4 Å². The van der Waals surface area contributed by atoms with E-state index in [0.717, 1.165) is 12.8 Å². The van der Waals surface area contributed by atoms with Crippen LogP contribution in [0.1, 0.15) is 40.0 Å². The topological polar surface area (TPSA) is 119 Å².